The van der Waals surface area contributed by atoms with Gasteiger partial charge in [0.2, 0.25) is 0 Å². The van der Waals surface area contributed by atoms with E-state index in [1.54, 1.807) is 13.0 Å². The second-order valence-electron chi connectivity index (χ2n) is 2.84. The third-order valence-electron chi connectivity index (χ3n) is 1.80. The summed E-state index contributed by atoms with van der Waals surface area (Å²) in [6, 6.07) is 7.65. The Kier molecular flexibility index (Phi) is 5.07. The third kappa shape index (κ3) is 3.88. The average molecular weight is 202 g/mol. The molecule has 0 radical (unpaired) electrons. The molecule has 0 saturated heterocycles. The number of hydrogen-bond acceptors (Lipinski definition) is 2. The minimum Gasteiger partial charge on any atom is -0.480 e. The van der Waals surface area contributed by atoms with Crippen LogP contribution in [0.25, 0.3) is 6.08 Å². The highest BCUT2D eigenvalue weighted by Gasteiger charge is 1.97. The smallest absolute Gasteiger partial charge is 0.149 e. The molecule has 1 aromatic rings. The van der Waals surface area contributed by atoms with Crippen LogP contribution in [-0.2, 0) is 0 Å². The minimum atomic E-state index is 0.0309. The fourth-order valence-electron chi connectivity index (χ4n) is 1.12. The highest BCUT2D eigenvalue weighted by atomic mass is 16.5. The van der Waals surface area contributed by atoms with Crippen molar-refractivity contribution in [1.29, 1.82) is 0 Å². The van der Waals surface area contributed by atoms with Crippen LogP contribution in [-0.4, -0.2) is 18.3 Å². The monoisotopic (exact) mass is 202 g/mol. The van der Waals surface area contributed by atoms with Crippen molar-refractivity contribution in [2.45, 2.75) is 6.92 Å². The Morgan fingerprint density at radius 3 is 2.93 bits per heavy atom. The predicted octanol–water partition coefficient (Wildman–Crippen LogP) is 2.09. The SMILES string of the molecule is CC#CCOc1ccccc1C=CCO. The van der Waals surface area contributed by atoms with E-state index in [1.807, 2.05) is 30.3 Å². The molecule has 2 heteroatoms. The zero-order valence-corrected chi connectivity index (χ0v) is 8.73. The molecule has 0 aliphatic carbocycles. The van der Waals surface area contributed by atoms with E-state index in [1.165, 1.54) is 0 Å². The maximum absolute atomic E-state index is 8.68. The summed E-state index contributed by atoms with van der Waals surface area (Å²) in [5.74, 6) is 6.38. The Bertz CT molecular complexity index is 383. The largest absolute Gasteiger partial charge is 0.480 e. The van der Waals surface area contributed by atoms with Gasteiger partial charge in [-0.25, -0.2) is 0 Å². The van der Waals surface area contributed by atoms with Crippen molar-refractivity contribution in [2.75, 3.05) is 13.2 Å². The summed E-state index contributed by atoms with van der Waals surface area (Å²) in [7, 11) is 0. The number of para-hydroxylation sites is 1. The predicted molar refractivity (Wildman–Crippen MR) is 61.5 cm³/mol. The van der Waals surface area contributed by atoms with Gasteiger partial charge < -0.3 is 9.84 Å². The van der Waals surface area contributed by atoms with Crippen LogP contribution in [0.15, 0.2) is 30.3 Å². The van der Waals surface area contributed by atoms with E-state index in [9.17, 15) is 0 Å². The van der Waals surface area contributed by atoms with Gasteiger partial charge in [-0.1, -0.05) is 36.3 Å². The van der Waals surface area contributed by atoms with Crippen LogP contribution in [0, 0.1) is 11.8 Å². The molecule has 1 N–H and O–H groups in total. The first-order chi connectivity index (χ1) is 7.38. The van der Waals surface area contributed by atoms with Gasteiger partial charge in [0.15, 0.2) is 0 Å². The van der Waals surface area contributed by atoms with E-state index in [0.717, 1.165) is 11.3 Å². The lowest BCUT2D eigenvalue weighted by molar-refractivity contribution is 0.343. The van der Waals surface area contributed by atoms with Crippen LogP contribution < -0.4 is 4.74 Å². The molecule has 1 aromatic carbocycles. The second-order valence-corrected chi connectivity index (χ2v) is 2.84. The second kappa shape index (κ2) is 6.69. The quantitative estimate of drug-likeness (QED) is 0.757. The zero-order chi connectivity index (χ0) is 10.9. The molecular weight excluding hydrogens is 188 g/mol. The molecule has 78 valence electrons. The molecule has 0 atom stereocenters. The van der Waals surface area contributed by atoms with E-state index in [4.69, 9.17) is 9.84 Å². The molecule has 0 aromatic heterocycles. The zero-order valence-electron chi connectivity index (χ0n) is 8.73. The first kappa shape index (κ1) is 11.4. The van der Waals surface area contributed by atoms with Gasteiger partial charge in [0.05, 0.1) is 6.61 Å². The Hall–Kier alpha value is -1.72. The fraction of sp³-hybridized carbons (Fsp3) is 0.231. The molecule has 0 heterocycles. The number of aliphatic hydroxyl groups is 1. The molecular formula is C13H14O2. The Morgan fingerprint density at radius 2 is 2.20 bits per heavy atom. The van der Waals surface area contributed by atoms with Gasteiger partial charge in [0.1, 0.15) is 12.4 Å². The fourth-order valence-corrected chi connectivity index (χ4v) is 1.12. The molecule has 0 spiro atoms. The van der Waals surface area contributed by atoms with Gasteiger partial charge in [-0.15, -0.1) is 5.92 Å². The lowest BCUT2D eigenvalue weighted by atomic mass is 10.2. The highest BCUT2D eigenvalue weighted by molar-refractivity contribution is 5.57. The van der Waals surface area contributed by atoms with Crippen LogP contribution in [0.3, 0.4) is 0 Å². The molecule has 0 bridgehead atoms. The summed E-state index contributed by atoms with van der Waals surface area (Å²) in [5, 5.41) is 8.68. The van der Waals surface area contributed by atoms with Gasteiger partial charge in [0.25, 0.3) is 0 Å². The minimum absolute atomic E-state index is 0.0309. The molecule has 0 aliphatic heterocycles. The van der Waals surface area contributed by atoms with E-state index in [2.05, 4.69) is 11.8 Å². The summed E-state index contributed by atoms with van der Waals surface area (Å²) in [6.45, 7) is 2.20. The van der Waals surface area contributed by atoms with E-state index < -0.39 is 0 Å². The summed E-state index contributed by atoms with van der Waals surface area (Å²) >= 11 is 0. The van der Waals surface area contributed by atoms with Gasteiger partial charge in [0, 0.05) is 5.56 Å². The lowest BCUT2D eigenvalue weighted by Gasteiger charge is -2.05. The Balaban J connectivity index is 2.75. The van der Waals surface area contributed by atoms with Crippen molar-refractivity contribution in [3.8, 4) is 17.6 Å². The van der Waals surface area contributed by atoms with Crippen LogP contribution in [0.4, 0.5) is 0 Å². The molecule has 0 aliphatic rings. The molecule has 0 amide bonds. The maximum atomic E-state index is 8.68. The summed E-state index contributed by atoms with van der Waals surface area (Å²) in [4.78, 5) is 0. The summed E-state index contributed by atoms with van der Waals surface area (Å²) < 4.78 is 5.47. The lowest BCUT2D eigenvalue weighted by Crippen LogP contribution is -1.95. The Labute approximate surface area is 90.2 Å². The molecule has 2 nitrogen and oxygen atoms in total. The third-order valence-corrected chi connectivity index (χ3v) is 1.80. The molecule has 0 unspecified atom stereocenters. The van der Waals surface area contributed by atoms with Crippen molar-refractivity contribution < 1.29 is 9.84 Å². The molecule has 0 fully saturated rings. The first-order valence-corrected chi connectivity index (χ1v) is 4.77. The van der Waals surface area contributed by atoms with Gasteiger partial charge in [-0.2, -0.15) is 0 Å². The maximum Gasteiger partial charge on any atom is 0.149 e. The number of benzene rings is 1. The standard InChI is InChI=1S/C13H14O2/c1-2-3-11-15-13-9-5-4-7-12(13)8-6-10-14/h4-9,14H,10-11H2,1H3. The van der Waals surface area contributed by atoms with Gasteiger partial charge in [-0.3, -0.25) is 0 Å². The Morgan fingerprint density at radius 1 is 1.40 bits per heavy atom. The van der Waals surface area contributed by atoms with Crippen molar-refractivity contribution in [1.82, 2.24) is 0 Å². The molecule has 0 saturated carbocycles. The van der Waals surface area contributed by atoms with E-state index in [0.29, 0.717) is 6.61 Å². The van der Waals surface area contributed by atoms with Crippen LogP contribution in [0.2, 0.25) is 0 Å². The average Bonchev–Trinajstić information content (AvgIpc) is 2.28. The van der Waals surface area contributed by atoms with E-state index >= 15 is 0 Å². The summed E-state index contributed by atoms with van der Waals surface area (Å²) in [5.41, 5.74) is 0.949. The number of ether oxygens (including phenoxy) is 1. The van der Waals surface area contributed by atoms with Crippen LogP contribution >= 0.6 is 0 Å². The summed E-state index contributed by atoms with van der Waals surface area (Å²) in [6.07, 6.45) is 3.50. The van der Waals surface area contributed by atoms with Crippen molar-refractivity contribution in [3.63, 3.8) is 0 Å². The first-order valence-electron chi connectivity index (χ1n) is 4.77. The van der Waals surface area contributed by atoms with Gasteiger partial charge in [-0.05, 0) is 13.0 Å². The number of rotatable bonds is 4. The van der Waals surface area contributed by atoms with Gasteiger partial charge >= 0.3 is 0 Å². The van der Waals surface area contributed by atoms with Crippen LogP contribution in [0.5, 0.6) is 5.75 Å². The highest BCUT2D eigenvalue weighted by Crippen LogP contribution is 2.18. The van der Waals surface area contributed by atoms with Crippen LogP contribution in [0.1, 0.15) is 12.5 Å². The van der Waals surface area contributed by atoms with Crippen molar-refractivity contribution in [2.24, 2.45) is 0 Å². The number of aliphatic hydroxyl groups excluding tert-OH is 1. The van der Waals surface area contributed by atoms with Crippen molar-refractivity contribution >= 4 is 6.08 Å². The van der Waals surface area contributed by atoms with E-state index in [-0.39, 0.29) is 6.61 Å². The normalized spacial score (nSPS) is 9.73. The molecule has 15 heavy (non-hydrogen) atoms. The topological polar surface area (TPSA) is 29.5 Å². The number of hydrogen-bond donors (Lipinski definition) is 1. The molecule has 1 rings (SSSR count). The van der Waals surface area contributed by atoms with Crippen molar-refractivity contribution in [3.05, 3.63) is 35.9 Å².